The molecule has 1 aliphatic rings. The van der Waals surface area contributed by atoms with Crippen LogP contribution in [0.1, 0.15) is 28.2 Å². The highest BCUT2D eigenvalue weighted by molar-refractivity contribution is 9.10. The minimum atomic E-state index is -0.446. The van der Waals surface area contributed by atoms with Gasteiger partial charge in [-0.25, -0.2) is 5.43 Å². The van der Waals surface area contributed by atoms with Gasteiger partial charge in [-0.15, -0.1) is 23.5 Å². The van der Waals surface area contributed by atoms with Gasteiger partial charge in [0, 0.05) is 23.6 Å². The smallest absolute Gasteiger partial charge is 0.277 e. The van der Waals surface area contributed by atoms with Crippen LogP contribution < -0.4 is 19.6 Å². The van der Waals surface area contributed by atoms with Gasteiger partial charge in [0.05, 0.1) is 26.8 Å². The highest BCUT2D eigenvalue weighted by atomic mass is 79.9. The Morgan fingerprint density at radius 2 is 1.82 bits per heavy atom. The molecule has 39 heavy (non-hydrogen) atoms. The molecule has 1 heterocycles. The molecule has 0 radical (unpaired) electrons. The van der Waals surface area contributed by atoms with E-state index in [1.807, 2.05) is 54.7 Å². The lowest BCUT2D eigenvalue weighted by Crippen LogP contribution is -2.24. The van der Waals surface area contributed by atoms with E-state index >= 15 is 0 Å². The highest BCUT2D eigenvalue weighted by Gasteiger charge is 2.18. The van der Waals surface area contributed by atoms with E-state index < -0.39 is 4.92 Å². The van der Waals surface area contributed by atoms with E-state index in [1.165, 1.54) is 35.4 Å². The van der Waals surface area contributed by atoms with Crippen molar-refractivity contribution in [1.82, 2.24) is 5.43 Å². The van der Waals surface area contributed by atoms with Crippen molar-refractivity contribution in [3.05, 3.63) is 91.9 Å². The molecule has 0 aromatic heterocycles. The Bertz CT molecular complexity index is 1320. The molecule has 0 saturated carbocycles. The van der Waals surface area contributed by atoms with Crippen LogP contribution in [0.5, 0.6) is 17.2 Å². The third-order valence-corrected chi connectivity index (χ3v) is 9.10. The van der Waals surface area contributed by atoms with E-state index in [-0.39, 0.29) is 24.8 Å². The van der Waals surface area contributed by atoms with Crippen LogP contribution in [0, 0.1) is 10.1 Å². The van der Waals surface area contributed by atoms with Crippen molar-refractivity contribution in [1.29, 1.82) is 0 Å². The Morgan fingerprint density at radius 1 is 1.10 bits per heavy atom. The van der Waals surface area contributed by atoms with Gasteiger partial charge in [0.2, 0.25) is 0 Å². The van der Waals surface area contributed by atoms with Crippen molar-refractivity contribution in [2.75, 3.05) is 24.7 Å². The van der Waals surface area contributed by atoms with E-state index in [9.17, 15) is 14.9 Å². The van der Waals surface area contributed by atoms with Gasteiger partial charge in [-0.05, 0) is 75.9 Å². The normalized spacial score (nSPS) is 13.4. The maximum Gasteiger partial charge on any atom is 0.277 e. The fourth-order valence-corrected chi connectivity index (χ4v) is 7.00. The molecule has 3 aromatic rings. The monoisotopic (exact) mass is 631 g/mol. The lowest BCUT2D eigenvalue weighted by Gasteiger charge is -2.14. The molecule has 12 heteroatoms. The van der Waals surface area contributed by atoms with E-state index in [0.29, 0.717) is 38.5 Å². The van der Waals surface area contributed by atoms with Gasteiger partial charge in [-0.1, -0.05) is 12.1 Å². The molecule has 1 saturated heterocycles. The van der Waals surface area contributed by atoms with Gasteiger partial charge in [-0.2, -0.15) is 5.10 Å². The Balaban J connectivity index is 1.30. The molecule has 1 aliphatic heterocycles. The average molecular weight is 633 g/mol. The fourth-order valence-electron chi connectivity index (χ4n) is 3.57. The first-order valence-corrected chi connectivity index (χ1v) is 14.9. The summed E-state index contributed by atoms with van der Waals surface area (Å²) in [5.41, 5.74) is 5.18. The van der Waals surface area contributed by atoms with E-state index in [0.717, 1.165) is 5.56 Å². The van der Waals surface area contributed by atoms with Crippen molar-refractivity contribution in [3.8, 4) is 17.2 Å². The second-order valence-corrected chi connectivity index (χ2v) is 11.8. The number of rotatable bonds is 12. The summed E-state index contributed by atoms with van der Waals surface area (Å²) in [4.78, 5) is 22.6. The first-order chi connectivity index (χ1) is 18.9. The molecule has 4 rings (SSSR count). The summed E-state index contributed by atoms with van der Waals surface area (Å²) in [6.07, 6.45) is 1.50. The standard InChI is InChI=1S/C27H26BrN3O6S2/c1-2-35-24-14-19(13-23(28)26(24)37-16-18-3-7-21(8-4-18)31(33)34)15-29-30-25(32)17-36-22-9-5-20(6-10-22)27-38-11-12-39-27/h3-10,13-15,27H,2,11-12,16-17H2,1H3,(H,30,32)/b29-15-. The Kier molecular flexibility index (Phi) is 10.5. The zero-order valence-corrected chi connectivity index (χ0v) is 24.2. The van der Waals surface area contributed by atoms with Crippen LogP contribution in [-0.4, -0.2) is 41.8 Å². The molecular weight excluding hydrogens is 606 g/mol. The molecule has 204 valence electrons. The van der Waals surface area contributed by atoms with Crippen LogP contribution in [-0.2, 0) is 11.4 Å². The van der Waals surface area contributed by atoms with Crippen molar-refractivity contribution < 1.29 is 23.9 Å². The van der Waals surface area contributed by atoms with Crippen LogP contribution in [0.4, 0.5) is 5.69 Å². The molecule has 1 amide bonds. The zero-order chi connectivity index (χ0) is 27.6. The maximum absolute atomic E-state index is 12.2. The highest BCUT2D eigenvalue weighted by Crippen LogP contribution is 2.45. The van der Waals surface area contributed by atoms with E-state index in [1.54, 1.807) is 24.3 Å². The van der Waals surface area contributed by atoms with E-state index in [4.69, 9.17) is 14.2 Å². The minimum absolute atomic E-state index is 0.0175. The number of halogens is 1. The molecule has 0 spiro atoms. The average Bonchev–Trinajstić information content (AvgIpc) is 3.47. The first kappa shape index (κ1) is 28.8. The van der Waals surface area contributed by atoms with Gasteiger partial charge in [0.15, 0.2) is 18.1 Å². The lowest BCUT2D eigenvalue weighted by molar-refractivity contribution is -0.384. The molecule has 0 aliphatic carbocycles. The van der Waals surface area contributed by atoms with Crippen LogP contribution in [0.25, 0.3) is 0 Å². The lowest BCUT2D eigenvalue weighted by atomic mass is 10.2. The largest absolute Gasteiger partial charge is 0.490 e. The molecule has 9 nitrogen and oxygen atoms in total. The number of carbonyl (C=O) groups is 1. The van der Waals surface area contributed by atoms with Gasteiger partial charge < -0.3 is 14.2 Å². The quantitative estimate of drug-likeness (QED) is 0.140. The summed E-state index contributed by atoms with van der Waals surface area (Å²) >= 11 is 7.38. The number of nitro groups is 1. The molecule has 1 N–H and O–H groups in total. The number of amides is 1. The topological polar surface area (TPSA) is 112 Å². The molecule has 3 aromatic carbocycles. The number of hydrazone groups is 1. The summed E-state index contributed by atoms with van der Waals surface area (Å²) in [6, 6.07) is 17.5. The second kappa shape index (κ2) is 14.2. The Morgan fingerprint density at radius 3 is 2.49 bits per heavy atom. The van der Waals surface area contributed by atoms with Crippen LogP contribution in [0.3, 0.4) is 0 Å². The number of carbonyl (C=O) groups excluding carboxylic acids is 1. The Hall–Kier alpha value is -3.22. The van der Waals surface area contributed by atoms with Crippen molar-refractivity contribution in [2.45, 2.75) is 18.1 Å². The molecule has 0 unspecified atom stereocenters. The van der Waals surface area contributed by atoms with Crippen molar-refractivity contribution in [2.24, 2.45) is 5.10 Å². The number of benzene rings is 3. The predicted molar refractivity (Wildman–Crippen MR) is 158 cm³/mol. The maximum atomic E-state index is 12.2. The number of nitrogens with zero attached hydrogens (tertiary/aromatic N) is 2. The van der Waals surface area contributed by atoms with Crippen LogP contribution in [0.2, 0.25) is 0 Å². The second-order valence-electron chi connectivity index (χ2n) is 8.20. The summed E-state index contributed by atoms with van der Waals surface area (Å²) < 4.78 is 18.4. The van der Waals surface area contributed by atoms with Gasteiger partial charge in [0.1, 0.15) is 12.4 Å². The predicted octanol–water partition coefficient (Wildman–Crippen LogP) is 6.34. The van der Waals surface area contributed by atoms with Crippen molar-refractivity contribution in [3.63, 3.8) is 0 Å². The third kappa shape index (κ3) is 8.38. The summed E-state index contributed by atoms with van der Waals surface area (Å²) in [5.74, 6) is 3.55. The summed E-state index contributed by atoms with van der Waals surface area (Å²) in [6.45, 7) is 2.30. The molecular formula is C27H26BrN3O6S2. The molecule has 1 fully saturated rings. The SMILES string of the molecule is CCOc1cc(/C=N\NC(=O)COc2ccc(C3SCCS3)cc2)cc(Br)c1OCc1ccc([N+](=O)[O-])cc1. The molecule has 0 bridgehead atoms. The van der Waals surface area contributed by atoms with Gasteiger partial charge in [0.25, 0.3) is 11.6 Å². The van der Waals surface area contributed by atoms with Crippen LogP contribution in [0.15, 0.2) is 70.2 Å². The van der Waals surface area contributed by atoms with E-state index in [2.05, 4.69) is 26.5 Å². The number of non-ortho nitro benzene ring substituents is 1. The number of hydrogen-bond donors (Lipinski definition) is 1. The van der Waals surface area contributed by atoms with Gasteiger partial charge >= 0.3 is 0 Å². The number of nitro benzene ring substituents is 1. The van der Waals surface area contributed by atoms with Gasteiger partial charge in [-0.3, -0.25) is 14.9 Å². The summed E-state index contributed by atoms with van der Waals surface area (Å²) in [7, 11) is 0. The third-order valence-electron chi connectivity index (χ3n) is 5.41. The zero-order valence-electron chi connectivity index (χ0n) is 21.0. The number of hydrogen-bond acceptors (Lipinski definition) is 9. The minimum Gasteiger partial charge on any atom is -0.490 e. The number of thioether (sulfide) groups is 2. The number of ether oxygens (including phenoxy) is 3. The fraction of sp³-hybridized carbons (Fsp3) is 0.259. The molecule has 0 atom stereocenters. The Labute approximate surface area is 243 Å². The van der Waals surface area contributed by atoms with Crippen LogP contribution >= 0.6 is 39.5 Å². The van der Waals surface area contributed by atoms with Crippen molar-refractivity contribution >= 4 is 57.3 Å². The first-order valence-electron chi connectivity index (χ1n) is 12.0. The number of nitrogens with one attached hydrogen (secondary N) is 1. The summed E-state index contributed by atoms with van der Waals surface area (Å²) in [5, 5.41) is 14.9.